The molecule has 4 aromatic rings. The third-order valence-corrected chi connectivity index (χ3v) is 4.87. The quantitative estimate of drug-likeness (QED) is 0.362. The first-order valence-corrected chi connectivity index (χ1v) is 9.08. The molecular weight excluding hydrogens is 392 g/mol. The molecule has 0 bridgehead atoms. The van der Waals surface area contributed by atoms with Gasteiger partial charge in [0, 0.05) is 24.3 Å². The number of aromatic nitrogens is 4. The van der Waals surface area contributed by atoms with Crippen molar-refractivity contribution in [3.8, 4) is 23.0 Å². The zero-order chi connectivity index (χ0) is 21.4. The number of imidazole rings is 2. The second-order valence-corrected chi connectivity index (χ2v) is 6.58. The van der Waals surface area contributed by atoms with Gasteiger partial charge in [-0.15, -0.1) is 0 Å². The Morgan fingerprint density at radius 3 is 1.30 bits per heavy atom. The van der Waals surface area contributed by atoms with Crippen molar-refractivity contribution in [2.45, 2.75) is 12.2 Å². The molecule has 0 unspecified atom stereocenters. The van der Waals surface area contributed by atoms with E-state index in [4.69, 9.17) is 18.9 Å². The van der Waals surface area contributed by atoms with Gasteiger partial charge in [0.1, 0.15) is 23.9 Å². The van der Waals surface area contributed by atoms with Gasteiger partial charge in [0.2, 0.25) is 0 Å². The van der Waals surface area contributed by atoms with Gasteiger partial charge in [-0.25, -0.2) is 9.97 Å². The molecule has 2 aromatic heterocycles. The number of H-pyrrole nitrogens is 2. The molecule has 0 radical (unpaired) electrons. The van der Waals surface area contributed by atoms with Crippen molar-refractivity contribution in [1.82, 2.24) is 19.9 Å². The Labute approximate surface area is 171 Å². The molecule has 10 heteroatoms. The number of aliphatic hydroxyl groups is 2. The topological polar surface area (TPSA) is 135 Å². The molecule has 4 rings (SSSR count). The number of fused-ring (bicyclic) bond motifs is 2. The summed E-state index contributed by atoms with van der Waals surface area (Å²) in [4.78, 5) is 14.7. The minimum absolute atomic E-state index is 0.184. The van der Waals surface area contributed by atoms with Crippen molar-refractivity contribution in [2.24, 2.45) is 0 Å². The van der Waals surface area contributed by atoms with E-state index in [9.17, 15) is 10.2 Å². The number of methoxy groups -OCH3 is 4. The predicted octanol–water partition coefficient (Wildman–Crippen LogP) is 2.24. The minimum Gasteiger partial charge on any atom is -0.493 e. The lowest BCUT2D eigenvalue weighted by molar-refractivity contribution is 0.00779. The Hall–Kier alpha value is -3.50. The number of ether oxygens (including phenoxy) is 4. The molecule has 0 aliphatic rings. The van der Waals surface area contributed by atoms with Gasteiger partial charge in [-0.1, -0.05) is 0 Å². The lowest BCUT2D eigenvalue weighted by Gasteiger charge is -2.13. The van der Waals surface area contributed by atoms with E-state index in [2.05, 4.69) is 19.9 Å². The average molecular weight is 414 g/mol. The Bertz CT molecular complexity index is 1030. The highest BCUT2D eigenvalue weighted by Gasteiger charge is 2.27. The van der Waals surface area contributed by atoms with Gasteiger partial charge in [0.25, 0.3) is 0 Å². The molecule has 4 N–H and O–H groups in total. The van der Waals surface area contributed by atoms with Crippen molar-refractivity contribution < 1.29 is 29.2 Å². The van der Waals surface area contributed by atoms with Crippen LogP contribution in [0.4, 0.5) is 0 Å². The van der Waals surface area contributed by atoms with Crippen LogP contribution < -0.4 is 18.9 Å². The number of aromatic amines is 2. The van der Waals surface area contributed by atoms with Crippen LogP contribution in [0.2, 0.25) is 0 Å². The van der Waals surface area contributed by atoms with Gasteiger partial charge in [-0.05, 0) is 0 Å². The molecule has 0 saturated heterocycles. The summed E-state index contributed by atoms with van der Waals surface area (Å²) in [5.41, 5.74) is 2.39. The van der Waals surface area contributed by atoms with Crippen LogP contribution >= 0.6 is 0 Å². The third kappa shape index (κ3) is 3.25. The van der Waals surface area contributed by atoms with Crippen molar-refractivity contribution in [3.05, 3.63) is 35.9 Å². The molecule has 0 fully saturated rings. The van der Waals surface area contributed by atoms with Crippen LogP contribution in [0.25, 0.3) is 22.1 Å². The normalized spacial score (nSPS) is 13.4. The summed E-state index contributed by atoms with van der Waals surface area (Å²) in [7, 11) is 6.12. The average Bonchev–Trinajstić information content (AvgIpc) is 3.38. The molecule has 0 aliphatic carbocycles. The van der Waals surface area contributed by atoms with E-state index in [1.54, 1.807) is 24.3 Å². The SMILES string of the molecule is COc1cc2nc([C@@H](O)[C@H](O)c3nc4cc(OC)c(OC)cc4[nH]3)[nH]c2cc1OC. The molecule has 10 nitrogen and oxygen atoms in total. The van der Waals surface area contributed by atoms with E-state index in [0.717, 1.165) is 0 Å². The second kappa shape index (κ2) is 7.73. The highest BCUT2D eigenvalue weighted by molar-refractivity contribution is 5.81. The van der Waals surface area contributed by atoms with Crippen LogP contribution in [0.3, 0.4) is 0 Å². The summed E-state index contributed by atoms with van der Waals surface area (Å²) in [5, 5.41) is 21.4. The van der Waals surface area contributed by atoms with Gasteiger partial charge in [0.05, 0.1) is 50.5 Å². The first kappa shape index (κ1) is 19.8. The molecule has 0 amide bonds. The maximum atomic E-state index is 10.7. The molecule has 0 spiro atoms. The number of benzene rings is 2. The van der Waals surface area contributed by atoms with Gasteiger partial charge in [-0.2, -0.15) is 0 Å². The second-order valence-electron chi connectivity index (χ2n) is 6.58. The number of nitrogens with zero attached hydrogens (tertiary/aromatic N) is 2. The number of aliphatic hydroxyl groups excluding tert-OH is 2. The summed E-state index contributed by atoms with van der Waals surface area (Å²) in [6.45, 7) is 0. The zero-order valence-electron chi connectivity index (χ0n) is 16.9. The highest BCUT2D eigenvalue weighted by Crippen LogP contribution is 2.35. The van der Waals surface area contributed by atoms with Gasteiger partial charge in [0.15, 0.2) is 23.0 Å². The van der Waals surface area contributed by atoms with Crippen molar-refractivity contribution in [2.75, 3.05) is 28.4 Å². The predicted molar refractivity (Wildman–Crippen MR) is 108 cm³/mol. The number of nitrogens with one attached hydrogen (secondary N) is 2. The molecule has 2 aromatic carbocycles. The Kier molecular flexibility index (Phi) is 5.10. The fourth-order valence-corrected chi connectivity index (χ4v) is 3.29. The van der Waals surface area contributed by atoms with Gasteiger partial charge >= 0.3 is 0 Å². The van der Waals surface area contributed by atoms with E-state index < -0.39 is 12.2 Å². The first-order chi connectivity index (χ1) is 14.5. The molecule has 30 heavy (non-hydrogen) atoms. The summed E-state index contributed by atoms with van der Waals surface area (Å²) < 4.78 is 21.1. The number of hydrogen-bond acceptors (Lipinski definition) is 8. The van der Waals surface area contributed by atoms with Crippen molar-refractivity contribution in [3.63, 3.8) is 0 Å². The molecular formula is C20H22N4O6. The van der Waals surface area contributed by atoms with Crippen molar-refractivity contribution >= 4 is 22.1 Å². The van der Waals surface area contributed by atoms with Crippen molar-refractivity contribution in [1.29, 1.82) is 0 Å². The van der Waals surface area contributed by atoms with Gasteiger partial charge in [-0.3, -0.25) is 0 Å². The Morgan fingerprint density at radius 2 is 0.967 bits per heavy atom. The van der Waals surface area contributed by atoms with E-state index in [-0.39, 0.29) is 11.6 Å². The maximum Gasteiger partial charge on any atom is 0.163 e. The Balaban J connectivity index is 1.68. The first-order valence-electron chi connectivity index (χ1n) is 9.08. The molecule has 2 heterocycles. The molecule has 2 atom stereocenters. The minimum atomic E-state index is -1.35. The molecule has 0 saturated carbocycles. The fraction of sp³-hybridized carbons (Fsp3) is 0.300. The zero-order valence-corrected chi connectivity index (χ0v) is 16.9. The largest absolute Gasteiger partial charge is 0.493 e. The van der Waals surface area contributed by atoms with Crippen LogP contribution in [0.15, 0.2) is 24.3 Å². The van der Waals surface area contributed by atoms with Crippen LogP contribution in [-0.2, 0) is 0 Å². The number of rotatable bonds is 7. The third-order valence-electron chi connectivity index (χ3n) is 4.87. The Morgan fingerprint density at radius 1 is 0.633 bits per heavy atom. The summed E-state index contributed by atoms with van der Waals surface area (Å²) in [6, 6.07) is 6.80. The highest BCUT2D eigenvalue weighted by atomic mass is 16.5. The van der Waals surface area contributed by atoms with E-state index >= 15 is 0 Å². The lowest BCUT2D eigenvalue weighted by Crippen LogP contribution is -2.13. The van der Waals surface area contributed by atoms with Crippen LogP contribution in [0.1, 0.15) is 23.9 Å². The van der Waals surface area contributed by atoms with Gasteiger partial charge < -0.3 is 39.1 Å². The summed E-state index contributed by atoms with van der Waals surface area (Å²) in [5.74, 6) is 2.44. The van der Waals surface area contributed by atoms with E-state index in [1.807, 2.05) is 0 Å². The fourth-order valence-electron chi connectivity index (χ4n) is 3.29. The monoisotopic (exact) mass is 414 g/mol. The van der Waals surface area contributed by atoms with Crippen LogP contribution in [0.5, 0.6) is 23.0 Å². The van der Waals surface area contributed by atoms with Crippen LogP contribution in [0, 0.1) is 0 Å². The number of hydrogen-bond donors (Lipinski definition) is 4. The maximum absolute atomic E-state index is 10.7. The molecule has 0 aliphatic heterocycles. The lowest BCUT2D eigenvalue weighted by atomic mass is 10.2. The van der Waals surface area contributed by atoms with E-state index in [0.29, 0.717) is 45.1 Å². The summed E-state index contributed by atoms with van der Waals surface area (Å²) >= 11 is 0. The molecule has 158 valence electrons. The van der Waals surface area contributed by atoms with Crippen LogP contribution in [-0.4, -0.2) is 58.6 Å². The smallest absolute Gasteiger partial charge is 0.163 e. The summed E-state index contributed by atoms with van der Waals surface area (Å²) in [6.07, 6.45) is -2.70. The van der Waals surface area contributed by atoms with E-state index in [1.165, 1.54) is 28.4 Å². The standard InChI is InChI=1S/C20H22N4O6/c1-27-13-5-9-10(6-14(13)28-2)22-19(21-9)17(25)18(26)20-23-11-7-15(29-3)16(30-4)8-12(11)24-20/h5-8,17-18,25-26H,1-4H3,(H,21,22)(H,23,24)/t17-,18-/m0/s1.